The van der Waals surface area contributed by atoms with Crippen molar-refractivity contribution in [2.75, 3.05) is 0 Å². The van der Waals surface area contributed by atoms with E-state index in [0.717, 1.165) is 18.3 Å². The second-order valence-electron chi connectivity index (χ2n) is 8.10. The van der Waals surface area contributed by atoms with Crippen molar-refractivity contribution in [3.63, 3.8) is 0 Å². The van der Waals surface area contributed by atoms with Crippen molar-refractivity contribution in [2.45, 2.75) is 104 Å². The first-order valence-electron chi connectivity index (χ1n) is 10.9. The van der Waals surface area contributed by atoms with Gasteiger partial charge in [-0.3, -0.25) is 0 Å². The van der Waals surface area contributed by atoms with Crippen LogP contribution in [-0.4, -0.2) is 5.11 Å². The predicted octanol–water partition coefficient (Wildman–Crippen LogP) is 8.98. The maximum Gasteiger partial charge on any atom is 2.00 e. The first-order chi connectivity index (χ1) is 12.1. The molecule has 0 bridgehead atoms. The van der Waals surface area contributed by atoms with E-state index in [1.54, 1.807) is 12.1 Å². The first-order valence-corrected chi connectivity index (χ1v) is 10.9. The maximum atomic E-state index is 9.01. The van der Waals surface area contributed by atoms with Crippen LogP contribution in [0.25, 0.3) is 0 Å². The van der Waals surface area contributed by atoms with Gasteiger partial charge in [-0.2, -0.15) is 0 Å². The van der Waals surface area contributed by atoms with Gasteiger partial charge in [-0.05, 0) is 41.9 Å². The summed E-state index contributed by atoms with van der Waals surface area (Å²) in [4.78, 5) is 0. The van der Waals surface area contributed by atoms with Crippen LogP contribution < -0.4 is 0 Å². The number of aromatic hydroxyl groups is 1. The molecule has 0 aliphatic heterocycles. The van der Waals surface area contributed by atoms with Gasteiger partial charge in [0.2, 0.25) is 0 Å². The van der Waals surface area contributed by atoms with E-state index in [1.165, 1.54) is 69.8 Å². The van der Waals surface area contributed by atoms with E-state index in [0.29, 0.717) is 11.7 Å². The van der Waals surface area contributed by atoms with Crippen molar-refractivity contribution in [2.24, 2.45) is 11.8 Å². The van der Waals surface area contributed by atoms with Crippen LogP contribution in [0.5, 0.6) is 5.75 Å². The van der Waals surface area contributed by atoms with Gasteiger partial charge in [0.15, 0.2) is 0 Å². The molecule has 2 fully saturated rings. The van der Waals surface area contributed by atoms with Gasteiger partial charge in [0.05, 0.1) is 0 Å². The van der Waals surface area contributed by atoms with E-state index < -0.39 is 0 Å². The van der Waals surface area contributed by atoms with Crippen LogP contribution >= 0.6 is 0 Å². The summed E-state index contributed by atoms with van der Waals surface area (Å²) in [6.45, 7) is 9.06. The summed E-state index contributed by atoms with van der Waals surface area (Å²) in [5.41, 5.74) is 1.30. The molecule has 2 atom stereocenters. The summed E-state index contributed by atoms with van der Waals surface area (Å²) >= 11 is 0. The van der Waals surface area contributed by atoms with Gasteiger partial charge in [-0.25, -0.2) is 0 Å². The molecule has 0 saturated heterocycles. The third kappa shape index (κ3) is 13.7. The fraction of sp³-hybridized carbons (Fsp3) is 0.692. The van der Waals surface area contributed by atoms with Gasteiger partial charge in [-0.1, -0.05) is 104 Å². The Morgan fingerprint density at radius 2 is 1.21 bits per heavy atom. The fourth-order valence-electron chi connectivity index (χ4n) is 3.78. The summed E-state index contributed by atoms with van der Waals surface area (Å²) < 4.78 is 0. The summed E-state index contributed by atoms with van der Waals surface area (Å²) in [5.74, 6) is 3.01. The van der Waals surface area contributed by atoms with E-state index in [1.807, 2.05) is 12.1 Å². The molecule has 0 amide bonds. The molecule has 28 heavy (non-hydrogen) atoms. The van der Waals surface area contributed by atoms with Crippen molar-refractivity contribution in [1.29, 1.82) is 0 Å². The Morgan fingerprint density at radius 1 is 0.786 bits per heavy atom. The van der Waals surface area contributed by atoms with Gasteiger partial charge in [0.1, 0.15) is 5.75 Å². The second kappa shape index (κ2) is 19.8. The van der Waals surface area contributed by atoms with Crippen LogP contribution in [0.3, 0.4) is 0 Å². The van der Waals surface area contributed by atoms with E-state index in [2.05, 4.69) is 27.7 Å². The molecule has 1 aromatic carbocycles. The molecular formula is C26H48FeO. The molecule has 2 aliphatic carbocycles. The monoisotopic (exact) mass is 432 g/mol. The number of benzene rings is 1. The minimum absolute atomic E-state index is 0. The van der Waals surface area contributed by atoms with E-state index in [4.69, 9.17) is 5.11 Å². The Morgan fingerprint density at radius 3 is 1.57 bits per heavy atom. The molecule has 166 valence electrons. The standard InChI is InChI=1S/C10H14O.C9H18.C5H10.2CH3.Fe/c1-3-8(2)9-4-6-10(11)7-5-9;1-3-8(2)9-6-4-5-7-9;1-2-4-5-3-1;;;/h4-8,11H,3H2,1-2H3;8-9H,3-7H2,1-2H3;1-5H2;2*1H3;/q;;;2*-1;+2. The third-order valence-corrected chi connectivity index (χ3v) is 6.17. The van der Waals surface area contributed by atoms with Crippen LogP contribution in [0.2, 0.25) is 0 Å². The number of hydrogen-bond donors (Lipinski definition) is 1. The minimum Gasteiger partial charge on any atom is -0.508 e. The molecule has 1 aromatic rings. The zero-order chi connectivity index (χ0) is 18.5. The van der Waals surface area contributed by atoms with Gasteiger partial charge >= 0.3 is 17.1 Å². The normalized spacial score (nSPS) is 17.3. The fourth-order valence-corrected chi connectivity index (χ4v) is 3.78. The smallest absolute Gasteiger partial charge is 0.508 e. The molecule has 0 spiro atoms. The van der Waals surface area contributed by atoms with E-state index in [-0.39, 0.29) is 31.9 Å². The molecule has 0 heterocycles. The van der Waals surface area contributed by atoms with Gasteiger partial charge in [-0.15, -0.1) is 0 Å². The Labute approximate surface area is 188 Å². The maximum absolute atomic E-state index is 9.01. The molecule has 3 rings (SSSR count). The number of phenolic OH excluding ortho intramolecular Hbond substituents is 1. The average molecular weight is 433 g/mol. The molecule has 2 heteroatoms. The summed E-state index contributed by atoms with van der Waals surface area (Å²) in [6, 6.07) is 7.43. The van der Waals surface area contributed by atoms with Gasteiger partial charge in [0, 0.05) is 0 Å². The Hall–Kier alpha value is -0.461. The van der Waals surface area contributed by atoms with E-state index >= 15 is 0 Å². The molecule has 0 aromatic heterocycles. The third-order valence-electron chi connectivity index (χ3n) is 6.17. The van der Waals surface area contributed by atoms with Crippen LogP contribution in [0.4, 0.5) is 0 Å². The van der Waals surface area contributed by atoms with Crippen LogP contribution in [0.1, 0.15) is 110 Å². The molecular weight excluding hydrogens is 384 g/mol. The van der Waals surface area contributed by atoms with Crippen molar-refractivity contribution >= 4 is 0 Å². The zero-order valence-corrected chi connectivity index (χ0v) is 20.7. The summed E-state index contributed by atoms with van der Waals surface area (Å²) in [7, 11) is 0. The molecule has 0 radical (unpaired) electrons. The topological polar surface area (TPSA) is 20.2 Å². The van der Waals surface area contributed by atoms with E-state index in [9.17, 15) is 0 Å². The Kier molecular flexibility index (Phi) is 22.8. The van der Waals surface area contributed by atoms with Crippen molar-refractivity contribution in [3.05, 3.63) is 44.7 Å². The second-order valence-corrected chi connectivity index (χ2v) is 8.10. The van der Waals surface area contributed by atoms with Crippen molar-refractivity contribution < 1.29 is 22.2 Å². The van der Waals surface area contributed by atoms with Crippen LogP contribution in [-0.2, 0) is 17.1 Å². The van der Waals surface area contributed by atoms with Crippen LogP contribution in [0, 0.1) is 26.7 Å². The SMILES string of the molecule is C1CCCC1.CCC(C)C1CCCC1.CCC(C)c1ccc(O)cc1.[CH3-].[CH3-].[Fe+2]. The molecule has 2 saturated carbocycles. The Balaban J connectivity index is -0.000000335. The predicted molar refractivity (Wildman–Crippen MR) is 124 cm³/mol. The molecule has 1 nitrogen and oxygen atoms in total. The zero-order valence-electron chi connectivity index (χ0n) is 19.6. The van der Waals surface area contributed by atoms with Crippen LogP contribution in [0.15, 0.2) is 24.3 Å². The number of phenols is 1. The Bertz CT molecular complexity index is 411. The molecule has 1 N–H and O–H groups in total. The average Bonchev–Trinajstić information content (AvgIpc) is 3.37. The summed E-state index contributed by atoms with van der Waals surface area (Å²) in [5, 5.41) is 9.01. The minimum atomic E-state index is 0. The summed E-state index contributed by atoms with van der Waals surface area (Å²) in [6.07, 6.45) is 16.0. The molecule has 2 aliphatic rings. The van der Waals surface area contributed by atoms with Gasteiger partial charge < -0.3 is 20.0 Å². The quantitative estimate of drug-likeness (QED) is 0.372. The number of hydrogen-bond acceptors (Lipinski definition) is 1. The molecule has 2 unspecified atom stereocenters. The largest absolute Gasteiger partial charge is 2.00 e. The van der Waals surface area contributed by atoms with Crippen molar-refractivity contribution in [3.8, 4) is 5.75 Å². The van der Waals surface area contributed by atoms with Crippen molar-refractivity contribution in [1.82, 2.24) is 0 Å². The number of rotatable bonds is 4. The first kappa shape index (κ1) is 32.2. The van der Waals surface area contributed by atoms with Gasteiger partial charge in [0.25, 0.3) is 0 Å².